The fraction of sp³-hybridized carbons (Fsp3) is 0.474. The SMILES string of the molecule is Nc1cc(-c2[nH]nc3nc(N4CCC5(CCC[C@H]5N)CC4)cnc23)c(Cl)cn1. The normalized spacial score (nSPS) is 21.6. The van der Waals surface area contributed by atoms with Gasteiger partial charge in [0, 0.05) is 30.9 Å². The lowest BCUT2D eigenvalue weighted by molar-refractivity contribution is 0.197. The Morgan fingerprint density at radius 1 is 1.18 bits per heavy atom. The summed E-state index contributed by atoms with van der Waals surface area (Å²) in [6.07, 6.45) is 9.24. The number of nitrogens with zero attached hydrogens (tertiary/aromatic N) is 5. The van der Waals surface area contributed by atoms with Gasteiger partial charge in [0.05, 0.1) is 16.9 Å². The molecular formula is C19H23ClN8. The molecule has 1 aliphatic carbocycles. The third kappa shape index (κ3) is 2.79. The van der Waals surface area contributed by atoms with Gasteiger partial charge in [0.15, 0.2) is 0 Å². The zero-order valence-electron chi connectivity index (χ0n) is 15.5. The van der Waals surface area contributed by atoms with Crippen molar-refractivity contribution in [1.82, 2.24) is 25.1 Å². The Kier molecular flexibility index (Phi) is 4.13. The number of pyridine rings is 1. The van der Waals surface area contributed by atoms with E-state index >= 15 is 0 Å². The lowest BCUT2D eigenvalue weighted by atomic mass is 9.74. The first-order valence-electron chi connectivity index (χ1n) is 9.69. The van der Waals surface area contributed by atoms with Crippen LogP contribution in [0.15, 0.2) is 18.5 Å². The summed E-state index contributed by atoms with van der Waals surface area (Å²) in [5, 5.41) is 7.82. The first kappa shape index (κ1) is 17.6. The fourth-order valence-electron chi connectivity index (χ4n) is 4.74. The molecule has 3 aromatic heterocycles. The highest BCUT2D eigenvalue weighted by Gasteiger charge is 2.43. The van der Waals surface area contributed by atoms with Crippen LogP contribution in [0.2, 0.25) is 5.02 Å². The van der Waals surface area contributed by atoms with Gasteiger partial charge in [0.25, 0.3) is 0 Å². The van der Waals surface area contributed by atoms with Crippen molar-refractivity contribution < 1.29 is 0 Å². The number of piperidine rings is 1. The van der Waals surface area contributed by atoms with E-state index in [0.29, 0.717) is 44.7 Å². The van der Waals surface area contributed by atoms with Crippen LogP contribution >= 0.6 is 11.6 Å². The van der Waals surface area contributed by atoms with Crippen LogP contribution in [-0.2, 0) is 0 Å². The number of halogens is 1. The molecule has 1 atom stereocenters. The van der Waals surface area contributed by atoms with Gasteiger partial charge in [0.2, 0.25) is 5.65 Å². The van der Waals surface area contributed by atoms with Gasteiger partial charge in [-0.15, -0.1) is 0 Å². The minimum atomic E-state index is 0.325. The molecule has 9 heteroatoms. The quantitative estimate of drug-likeness (QED) is 0.606. The standard InChI is InChI=1S/C19H23ClN8/c20-12-9-23-14(22)8-11(12)16-17-18(27-26-16)25-15(10-24-17)28-6-4-19(5-7-28)3-1-2-13(19)21/h8-10,13H,1-7,21H2,(H2,22,23)(H,25,26,27)/t13-/m1/s1. The van der Waals surface area contributed by atoms with E-state index in [2.05, 4.69) is 25.1 Å². The average molecular weight is 399 g/mol. The zero-order valence-corrected chi connectivity index (χ0v) is 16.3. The number of nitrogens with two attached hydrogens (primary N) is 2. The van der Waals surface area contributed by atoms with Crippen molar-refractivity contribution in [3.05, 3.63) is 23.5 Å². The van der Waals surface area contributed by atoms with Crippen molar-refractivity contribution in [3.63, 3.8) is 0 Å². The fourth-order valence-corrected chi connectivity index (χ4v) is 4.94. The molecule has 0 aromatic carbocycles. The number of hydrogen-bond acceptors (Lipinski definition) is 7. The molecule has 5 rings (SSSR count). The zero-order chi connectivity index (χ0) is 19.3. The monoisotopic (exact) mass is 398 g/mol. The van der Waals surface area contributed by atoms with Gasteiger partial charge in [-0.3, -0.25) is 5.10 Å². The lowest BCUT2D eigenvalue weighted by Crippen LogP contribution is -2.47. The van der Waals surface area contributed by atoms with E-state index in [1.165, 1.54) is 19.0 Å². The summed E-state index contributed by atoms with van der Waals surface area (Å²) in [6, 6.07) is 2.05. The Balaban J connectivity index is 1.42. The van der Waals surface area contributed by atoms with Gasteiger partial charge in [0.1, 0.15) is 17.2 Å². The van der Waals surface area contributed by atoms with E-state index < -0.39 is 0 Å². The van der Waals surface area contributed by atoms with Crippen LogP contribution in [0.3, 0.4) is 0 Å². The van der Waals surface area contributed by atoms with Crippen LogP contribution in [0.1, 0.15) is 32.1 Å². The van der Waals surface area contributed by atoms with Gasteiger partial charge >= 0.3 is 0 Å². The van der Waals surface area contributed by atoms with E-state index in [4.69, 9.17) is 28.1 Å². The summed E-state index contributed by atoms with van der Waals surface area (Å²) in [4.78, 5) is 15.6. The van der Waals surface area contributed by atoms with Gasteiger partial charge < -0.3 is 16.4 Å². The highest BCUT2D eigenvalue weighted by Crippen LogP contribution is 2.45. The topological polar surface area (TPSA) is 123 Å². The van der Waals surface area contributed by atoms with Crippen molar-refractivity contribution in [2.75, 3.05) is 23.7 Å². The molecule has 0 amide bonds. The molecule has 2 fully saturated rings. The molecule has 4 heterocycles. The minimum absolute atomic E-state index is 0.325. The summed E-state index contributed by atoms with van der Waals surface area (Å²) in [6.45, 7) is 1.91. The molecule has 1 saturated carbocycles. The second-order valence-electron chi connectivity index (χ2n) is 7.94. The van der Waals surface area contributed by atoms with E-state index in [-0.39, 0.29) is 0 Å². The predicted molar refractivity (Wildman–Crippen MR) is 110 cm³/mol. The molecular weight excluding hydrogens is 376 g/mol. The first-order valence-corrected chi connectivity index (χ1v) is 10.1. The van der Waals surface area contributed by atoms with Crippen LogP contribution in [0.5, 0.6) is 0 Å². The van der Waals surface area contributed by atoms with Crippen molar-refractivity contribution >= 4 is 34.4 Å². The number of fused-ring (bicyclic) bond motifs is 1. The molecule has 0 unspecified atom stereocenters. The Morgan fingerprint density at radius 2 is 2.00 bits per heavy atom. The summed E-state index contributed by atoms with van der Waals surface area (Å²) < 4.78 is 0. The highest BCUT2D eigenvalue weighted by atomic mass is 35.5. The summed E-state index contributed by atoms with van der Waals surface area (Å²) >= 11 is 6.28. The molecule has 0 radical (unpaired) electrons. The molecule has 1 aliphatic heterocycles. The number of nitrogens with one attached hydrogen (secondary N) is 1. The molecule has 8 nitrogen and oxygen atoms in total. The van der Waals surface area contributed by atoms with E-state index in [1.807, 2.05) is 6.20 Å². The van der Waals surface area contributed by atoms with Gasteiger partial charge in [-0.25, -0.2) is 15.0 Å². The second kappa shape index (κ2) is 6.56. The molecule has 2 aliphatic rings. The molecule has 1 spiro atoms. The first-order chi connectivity index (χ1) is 13.6. The smallest absolute Gasteiger partial charge is 0.202 e. The summed E-state index contributed by atoms with van der Waals surface area (Å²) in [5.74, 6) is 1.24. The van der Waals surface area contributed by atoms with Gasteiger partial charge in [-0.2, -0.15) is 5.10 Å². The second-order valence-corrected chi connectivity index (χ2v) is 8.34. The van der Waals surface area contributed by atoms with Crippen LogP contribution in [-0.4, -0.2) is 44.3 Å². The third-order valence-electron chi connectivity index (χ3n) is 6.46. The summed E-state index contributed by atoms with van der Waals surface area (Å²) in [5.41, 5.74) is 15.2. The molecule has 1 saturated heterocycles. The maximum Gasteiger partial charge on any atom is 0.202 e. The maximum atomic E-state index is 6.40. The number of nitrogen functional groups attached to an aromatic ring is 1. The molecule has 28 heavy (non-hydrogen) atoms. The van der Waals surface area contributed by atoms with Crippen molar-refractivity contribution in [1.29, 1.82) is 0 Å². The van der Waals surface area contributed by atoms with Crippen LogP contribution in [0.25, 0.3) is 22.4 Å². The lowest BCUT2D eigenvalue weighted by Gasteiger charge is -2.42. The Hall–Kier alpha value is -2.45. The Morgan fingerprint density at radius 3 is 2.75 bits per heavy atom. The highest BCUT2D eigenvalue weighted by molar-refractivity contribution is 6.33. The van der Waals surface area contributed by atoms with E-state index in [0.717, 1.165) is 38.2 Å². The Labute approximate surface area is 167 Å². The molecule has 5 N–H and O–H groups in total. The molecule has 3 aromatic rings. The van der Waals surface area contributed by atoms with E-state index in [9.17, 15) is 0 Å². The predicted octanol–water partition coefficient (Wildman–Crippen LogP) is 2.75. The number of rotatable bonds is 2. The number of aromatic nitrogens is 5. The molecule has 146 valence electrons. The summed E-state index contributed by atoms with van der Waals surface area (Å²) in [7, 11) is 0. The van der Waals surface area contributed by atoms with Crippen molar-refractivity contribution in [2.45, 2.75) is 38.1 Å². The van der Waals surface area contributed by atoms with E-state index in [1.54, 1.807) is 6.07 Å². The molecule has 0 bridgehead atoms. The third-order valence-corrected chi connectivity index (χ3v) is 6.76. The van der Waals surface area contributed by atoms with Gasteiger partial charge in [-0.1, -0.05) is 18.0 Å². The number of hydrogen-bond donors (Lipinski definition) is 3. The van der Waals surface area contributed by atoms with Crippen LogP contribution in [0.4, 0.5) is 11.6 Å². The number of aromatic amines is 1. The Bertz CT molecular complexity index is 1020. The number of H-pyrrole nitrogens is 1. The van der Waals surface area contributed by atoms with Crippen molar-refractivity contribution in [2.24, 2.45) is 11.1 Å². The van der Waals surface area contributed by atoms with Crippen LogP contribution in [0, 0.1) is 5.41 Å². The largest absolute Gasteiger partial charge is 0.384 e. The average Bonchev–Trinajstić information content (AvgIpc) is 3.28. The van der Waals surface area contributed by atoms with Crippen molar-refractivity contribution in [3.8, 4) is 11.3 Å². The number of anilines is 2. The van der Waals surface area contributed by atoms with Gasteiger partial charge in [-0.05, 0) is 37.2 Å². The minimum Gasteiger partial charge on any atom is -0.384 e. The van der Waals surface area contributed by atoms with Crippen LogP contribution < -0.4 is 16.4 Å². The maximum absolute atomic E-state index is 6.40.